The molecule has 0 spiro atoms. The van der Waals surface area contributed by atoms with Crippen molar-refractivity contribution in [2.75, 3.05) is 17.4 Å². The van der Waals surface area contributed by atoms with E-state index in [0.29, 0.717) is 28.6 Å². The lowest BCUT2D eigenvalue weighted by atomic mass is 10.0. The Morgan fingerprint density at radius 1 is 1.32 bits per heavy atom. The van der Waals surface area contributed by atoms with Gasteiger partial charge in [0.15, 0.2) is 0 Å². The molecule has 3 N–H and O–H groups in total. The number of hydrogen-bond acceptors (Lipinski definition) is 7. The van der Waals surface area contributed by atoms with Gasteiger partial charge in [-0.25, -0.2) is 9.18 Å². The van der Waals surface area contributed by atoms with Crippen molar-refractivity contribution in [2.45, 2.75) is 32.7 Å². The first-order valence-corrected chi connectivity index (χ1v) is 10.5. The molecule has 1 aromatic heterocycles. The first kappa shape index (κ1) is 22.4. The van der Waals surface area contributed by atoms with E-state index >= 15 is 0 Å². The van der Waals surface area contributed by atoms with Crippen molar-refractivity contribution in [3.05, 3.63) is 46.6 Å². The van der Waals surface area contributed by atoms with E-state index in [0.717, 1.165) is 5.56 Å². The van der Waals surface area contributed by atoms with Gasteiger partial charge < -0.3 is 15.8 Å². The summed E-state index contributed by atoms with van der Waals surface area (Å²) in [6, 6.07) is 4.47. The van der Waals surface area contributed by atoms with E-state index in [2.05, 4.69) is 10.4 Å². The van der Waals surface area contributed by atoms with Crippen LogP contribution >= 0.6 is 11.3 Å². The van der Waals surface area contributed by atoms with Crippen molar-refractivity contribution < 1.29 is 23.5 Å². The first-order chi connectivity index (χ1) is 14.7. The number of thiophene rings is 1. The molecule has 1 aliphatic heterocycles. The number of esters is 1. The Balaban J connectivity index is 1.87. The van der Waals surface area contributed by atoms with Crippen LogP contribution in [0.25, 0.3) is 0 Å². The van der Waals surface area contributed by atoms with Crippen LogP contribution in [0.1, 0.15) is 36.2 Å². The second kappa shape index (κ2) is 9.25. The molecule has 1 atom stereocenters. The third kappa shape index (κ3) is 4.91. The number of primary amides is 1. The lowest BCUT2D eigenvalue weighted by molar-refractivity contribution is -0.119. The maximum Gasteiger partial charge on any atom is 0.341 e. The van der Waals surface area contributed by atoms with Crippen molar-refractivity contribution in [1.82, 2.24) is 0 Å². The minimum Gasteiger partial charge on any atom is -0.465 e. The van der Waals surface area contributed by atoms with Crippen LogP contribution in [-0.4, -0.2) is 36.6 Å². The highest BCUT2D eigenvalue weighted by atomic mass is 32.1. The average molecular weight is 447 g/mol. The maximum absolute atomic E-state index is 13.2. The molecular weight excluding hydrogens is 423 g/mol. The Hall–Kier alpha value is -3.27. The number of benzene rings is 1. The van der Waals surface area contributed by atoms with Gasteiger partial charge in [-0.1, -0.05) is 13.8 Å². The predicted octanol–water partition coefficient (Wildman–Crippen LogP) is 2.93. The number of halogens is 1. The molecule has 1 unspecified atom stereocenters. The van der Waals surface area contributed by atoms with Crippen LogP contribution in [0, 0.1) is 11.7 Å². The van der Waals surface area contributed by atoms with Crippen molar-refractivity contribution in [1.29, 1.82) is 0 Å². The Morgan fingerprint density at radius 2 is 2.00 bits per heavy atom. The second-order valence-electron chi connectivity index (χ2n) is 7.50. The van der Waals surface area contributed by atoms with Gasteiger partial charge in [0, 0.05) is 6.42 Å². The molecule has 0 bridgehead atoms. The number of hydrazone groups is 1. The molecule has 0 radical (unpaired) electrons. The molecule has 0 saturated carbocycles. The zero-order valence-electron chi connectivity index (χ0n) is 17.3. The molecule has 0 fully saturated rings. The van der Waals surface area contributed by atoms with Crippen molar-refractivity contribution >= 4 is 45.5 Å². The van der Waals surface area contributed by atoms with Gasteiger partial charge in [0.2, 0.25) is 5.91 Å². The number of hydrogen-bond donors (Lipinski definition) is 2. The van der Waals surface area contributed by atoms with E-state index in [1.165, 1.54) is 47.7 Å². The van der Waals surface area contributed by atoms with Crippen molar-refractivity contribution in [2.24, 2.45) is 16.8 Å². The van der Waals surface area contributed by atoms with Crippen molar-refractivity contribution in [3.63, 3.8) is 0 Å². The monoisotopic (exact) mass is 446 g/mol. The SMILES string of the molecule is COC(=O)c1c(CC(C)C)csc1NC(=O)C1=NN(c2ccc(F)cc2)C(C(N)=O)C1. The molecule has 2 aromatic rings. The van der Waals surface area contributed by atoms with E-state index in [4.69, 9.17) is 10.5 Å². The van der Waals surface area contributed by atoms with Gasteiger partial charge in [0.1, 0.15) is 22.6 Å². The molecule has 2 amide bonds. The maximum atomic E-state index is 13.2. The molecule has 2 heterocycles. The zero-order valence-corrected chi connectivity index (χ0v) is 18.2. The van der Waals surface area contributed by atoms with E-state index < -0.39 is 29.6 Å². The quantitative estimate of drug-likeness (QED) is 0.635. The first-order valence-electron chi connectivity index (χ1n) is 9.62. The molecule has 0 saturated heterocycles. The number of rotatable bonds is 7. The molecule has 0 aliphatic carbocycles. The summed E-state index contributed by atoms with van der Waals surface area (Å²) in [5, 5.41) is 10.4. The molecule has 10 heteroatoms. The number of ether oxygens (including phenoxy) is 1. The molecule has 1 aliphatic rings. The Kier molecular flexibility index (Phi) is 6.69. The summed E-state index contributed by atoms with van der Waals surface area (Å²) in [7, 11) is 1.28. The van der Waals surface area contributed by atoms with E-state index in [-0.39, 0.29) is 12.1 Å². The number of methoxy groups -OCH3 is 1. The molecule has 1 aromatic carbocycles. The second-order valence-corrected chi connectivity index (χ2v) is 8.38. The zero-order chi connectivity index (χ0) is 22.7. The summed E-state index contributed by atoms with van der Waals surface area (Å²) >= 11 is 1.22. The van der Waals surface area contributed by atoms with Crippen LogP contribution in [0.4, 0.5) is 15.1 Å². The van der Waals surface area contributed by atoms with Crippen LogP contribution < -0.4 is 16.1 Å². The number of nitrogens with two attached hydrogens (primary N) is 1. The summed E-state index contributed by atoms with van der Waals surface area (Å²) in [5.74, 6) is -1.89. The van der Waals surface area contributed by atoms with Crippen LogP contribution in [0.3, 0.4) is 0 Å². The smallest absolute Gasteiger partial charge is 0.341 e. The van der Waals surface area contributed by atoms with Crippen LogP contribution in [-0.2, 0) is 20.7 Å². The molecule has 31 heavy (non-hydrogen) atoms. The lowest BCUT2D eigenvalue weighted by Crippen LogP contribution is -2.39. The van der Waals surface area contributed by atoms with Gasteiger partial charge >= 0.3 is 5.97 Å². The topological polar surface area (TPSA) is 114 Å². The number of nitrogens with one attached hydrogen (secondary N) is 1. The average Bonchev–Trinajstić information content (AvgIpc) is 3.32. The minimum atomic E-state index is -0.883. The number of amides is 2. The van der Waals surface area contributed by atoms with Gasteiger partial charge in [-0.05, 0) is 47.5 Å². The molecular formula is C21H23FN4O4S. The summed E-state index contributed by atoms with van der Waals surface area (Å²) in [5.41, 5.74) is 7.09. The van der Waals surface area contributed by atoms with Gasteiger partial charge in [-0.2, -0.15) is 5.10 Å². The minimum absolute atomic E-state index is 0.0175. The lowest BCUT2D eigenvalue weighted by Gasteiger charge is -2.20. The number of carbonyl (C=O) groups excluding carboxylic acids is 3. The normalized spacial score (nSPS) is 15.7. The number of nitrogens with zero attached hydrogens (tertiary/aromatic N) is 2. The van der Waals surface area contributed by atoms with Crippen LogP contribution in [0.5, 0.6) is 0 Å². The summed E-state index contributed by atoms with van der Waals surface area (Å²) in [6.45, 7) is 4.05. The Labute approximate surface area is 182 Å². The van der Waals surface area contributed by atoms with E-state index in [9.17, 15) is 18.8 Å². The summed E-state index contributed by atoms with van der Waals surface area (Å²) < 4.78 is 18.1. The molecule has 164 valence electrons. The Bertz CT molecular complexity index is 1030. The van der Waals surface area contributed by atoms with Crippen LogP contribution in [0.2, 0.25) is 0 Å². The summed E-state index contributed by atoms with van der Waals surface area (Å²) in [4.78, 5) is 37.1. The third-order valence-electron chi connectivity index (χ3n) is 4.70. The molecule has 3 rings (SSSR count). The largest absolute Gasteiger partial charge is 0.465 e. The fraction of sp³-hybridized carbons (Fsp3) is 0.333. The fourth-order valence-electron chi connectivity index (χ4n) is 3.28. The van der Waals surface area contributed by atoms with Gasteiger partial charge in [0.25, 0.3) is 5.91 Å². The van der Waals surface area contributed by atoms with Gasteiger partial charge in [0.05, 0.1) is 18.4 Å². The van der Waals surface area contributed by atoms with E-state index in [1.807, 2.05) is 19.2 Å². The van der Waals surface area contributed by atoms with Crippen molar-refractivity contribution in [3.8, 4) is 0 Å². The highest BCUT2D eigenvalue weighted by Crippen LogP contribution is 2.32. The summed E-state index contributed by atoms with van der Waals surface area (Å²) in [6.07, 6.45) is 0.635. The number of carbonyl (C=O) groups is 3. The Morgan fingerprint density at radius 3 is 2.58 bits per heavy atom. The third-order valence-corrected chi connectivity index (χ3v) is 5.65. The highest BCUT2D eigenvalue weighted by Gasteiger charge is 2.35. The van der Waals surface area contributed by atoms with E-state index in [1.54, 1.807) is 0 Å². The van der Waals surface area contributed by atoms with Gasteiger partial charge in [-0.3, -0.25) is 14.6 Å². The fourth-order valence-corrected chi connectivity index (χ4v) is 4.24. The van der Waals surface area contributed by atoms with Gasteiger partial charge in [-0.15, -0.1) is 11.3 Å². The highest BCUT2D eigenvalue weighted by molar-refractivity contribution is 7.15. The standard InChI is InChI=1S/C21H23FN4O4S/c1-11(2)8-12-10-31-20(17(12)21(29)30-3)24-19(28)15-9-16(18(23)27)26(25-15)14-6-4-13(22)5-7-14/h4-7,10-11,16H,8-9H2,1-3H3,(H2,23,27)(H,24,28). The van der Waals surface area contributed by atoms with Crippen LogP contribution in [0.15, 0.2) is 34.7 Å². The molecule has 8 nitrogen and oxygen atoms in total. The predicted molar refractivity (Wildman–Crippen MR) is 117 cm³/mol. The number of anilines is 2.